The summed E-state index contributed by atoms with van der Waals surface area (Å²) >= 11 is 0. The van der Waals surface area contributed by atoms with E-state index in [0.29, 0.717) is 6.54 Å². The van der Waals surface area contributed by atoms with E-state index in [1.54, 1.807) is 7.11 Å². The van der Waals surface area contributed by atoms with E-state index in [1.807, 2.05) is 66.7 Å². The normalized spacial score (nSPS) is 10.3. The first-order valence-electron chi connectivity index (χ1n) is 8.89. The number of benzene rings is 3. The lowest BCUT2D eigenvalue weighted by atomic mass is 10.0. The molecular weight excluding hydrogens is 338 g/mol. The number of hydrogen-bond acceptors (Lipinski definition) is 3. The highest BCUT2D eigenvalue weighted by molar-refractivity contribution is 5.77. The Kier molecular flexibility index (Phi) is 6.47. The number of amides is 1. The van der Waals surface area contributed by atoms with Crippen molar-refractivity contribution in [1.29, 1.82) is 0 Å². The zero-order valence-corrected chi connectivity index (χ0v) is 15.4. The number of rotatable bonds is 8. The first-order valence-corrected chi connectivity index (χ1v) is 8.89. The van der Waals surface area contributed by atoms with Crippen molar-refractivity contribution in [3.05, 3.63) is 95.6 Å². The van der Waals surface area contributed by atoms with Gasteiger partial charge in [0.2, 0.25) is 0 Å². The van der Waals surface area contributed by atoms with Gasteiger partial charge in [-0.2, -0.15) is 0 Å². The largest absolute Gasteiger partial charge is 0.496 e. The van der Waals surface area contributed by atoms with Crippen LogP contribution in [0.4, 0.5) is 0 Å². The number of carbonyl (C=O) groups is 1. The SMILES string of the molecule is COc1ccccc1CNC(=O)COc1ccccc1Cc1ccccc1. The molecule has 0 aliphatic carbocycles. The molecule has 0 atom stereocenters. The summed E-state index contributed by atoms with van der Waals surface area (Å²) in [6.45, 7) is 0.374. The van der Waals surface area contributed by atoms with Crippen molar-refractivity contribution in [2.75, 3.05) is 13.7 Å². The molecule has 3 rings (SSSR count). The third kappa shape index (κ3) is 5.35. The zero-order valence-electron chi connectivity index (χ0n) is 15.4. The van der Waals surface area contributed by atoms with E-state index in [9.17, 15) is 4.79 Å². The Hall–Kier alpha value is -3.27. The fraction of sp³-hybridized carbons (Fsp3) is 0.174. The molecule has 4 heteroatoms. The Labute approximate surface area is 159 Å². The van der Waals surface area contributed by atoms with Crippen LogP contribution in [0.3, 0.4) is 0 Å². The maximum Gasteiger partial charge on any atom is 0.258 e. The topological polar surface area (TPSA) is 47.6 Å². The molecule has 0 unspecified atom stereocenters. The van der Waals surface area contributed by atoms with Gasteiger partial charge in [-0.3, -0.25) is 4.79 Å². The van der Waals surface area contributed by atoms with Gasteiger partial charge in [-0.25, -0.2) is 0 Å². The van der Waals surface area contributed by atoms with Crippen LogP contribution >= 0.6 is 0 Å². The van der Waals surface area contributed by atoms with Gasteiger partial charge in [0.15, 0.2) is 6.61 Å². The number of methoxy groups -OCH3 is 1. The molecule has 0 aromatic heterocycles. The van der Waals surface area contributed by atoms with Gasteiger partial charge >= 0.3 is 0 Å². The van der Waals surface area contributed by atoms with Crippen LogP contribution in [0.5, 0.6) is 11.5 Å². The highest BCUT2D eigenvalue weighted by Crippen LogP contribution is 2.21. The smallest absolute Gasteiger partial charge is 0.258 e. The van der Waals surface area contributed by atoms with E-state index in [1.165, 1.54) is 5.56 Å². The summed E-state index contributed by atoms with van der Waals surface area (Å²) in [5.74, 6) is 1.32. The molecule has 1 amide bonds. The average molecular weight is 361 g/mol. The monoisotopic (exact) mass is 361 g/mol. The van der Waals surface area contributed by atoms with Crippen molar-refractivity contribution in [3.8, 4) is 11.5 Å². The number of hydrogen-bond donors (Lipinski definition) is 1. The standard InChI is InChI=1S/C23H23NO3/c1-26-21-13-7-6-12-20(21)16-24-23(25)17-27-22-14-8-5-11-19(22)15-18-9-3-2-4-10-18/h2-14H,15-17H2,1H3,(H,24,25). The second kappa shape index (κ2) is 9.43. The summed E-state index contributed by atoms with van der Waals surface area (Å²) < 4.78 is 11.1. The summed E-state index contributed by atoms with van der Waals surface area (Å²) in [4.78, 5) is 12.2. The quantitative estimate of drug-likeness (QED) is 0.660. The van der Waals surface area contributed by atoms with Crippen LogP contribution in [-0.4, -0.2) is 19.6 Å². The van der Waals surface area contributed by atoms with Crippen LogP contribution in [0, 0.1) is 0 Å². The molecule has 3 aromatic carbocycles. The fourth-order valence-electron chi connectivity index (χ4n) is 2.84. The van der Waals surface area contributed by atoms with E-state index in [4.69, 9.17) is 9.47 Å². The van der Waals surface area contributed by atoms with Crippen molar-refractivity contribution in [2.24, 2.45) is 0 Å². The highest BCUT2D eigenvalue weighted by Gasteiger charge is 2.08. The summed E-state index contributed by atoms with van der Waals surface area (Å²) in [6.07, 6.45) is 0.764. The maximum atomic E-state index is 12.2. The summed E-state index contributed by atoms with van der Waals surface area (Å²) in [7, 11) is 1.62. The van der Waals surface area contributed by atoms with Crippen LogP contribution in [0.1, 0.15) is 16.7 Å². The van der Waals surface area contributed by atoms with E-state index < -0.39 is 0 Å². The molecule has 3 aromatic rings. The third-order valence-electron chi connectivity index (χ3n) is 4.24. The minimum Gasteiger partial charge on any atom is -0.496 e. The van der Waals surface area contributed by atoms with Gasteiger partial charge < -0.3 is 14.8 Å². The predicted molar refractivity (Wildman–Crippen MR) is 106 cm³/mol. The minimum absolute atomic E-state index is 0.0268. The highest BCUT2D eigenvalue weighted by atomic mass is 16.5. The lowest BCUT2D eigenvalue weighted by molar-refractivity contribution is -0.123. The summed E-state index contributed by atoms with van der Waals surface area (Å²) in [6, 6.07) is 25.6. The molecule has 0 aliphatic heterocycles. The second-order valence-corrected chi connectivity index (χ2v) is 6.15. The minimum atomic E-state index is -0.171. The van der Waals surface area contributed by atoms with Crippen LogP contribution in [0.2, 0.25) is 0 Å². The molecule has 0 saturated heterocycles. The zero-order chi connectivity index (χ0) is 18.9. The lowest BCUT2D eigenvalue weighted by Crippen LogP contribution is -2.28. The molecular formula is C23H23NO3. The predicted octanol–water partition coefficient (Wildman–Crippen LogP) is 3.98. The van der Waals surface area contributed by atoms with Gasteiger partial charge in [-0.05, 0) is 23.3 Å². The van der Waals surface area contributed by atoms with Gasteiger partial charge in [0.1, 0.15) is 11.5 Å². The first kappa shape index (κ1) is 18.5. The van der Waals surface area contributed by atoms with Crippen molar-refractivity contribution in [3.63, 3.8) is 0 Å². The van der Waals surface area contributed by atoms with Gasteiger partial charge in [0, 0.05) is 18.5 Å². The van der Waals surface area contributed by atoms with Crippen LogP contribution in [0.15, 0.2) is 78.9 Å². The number of para-hydroxylation sites is 2. The van der Waals surface area contributed by atoms with Crippen LogP contribution in [-0.2, 0) is 17.8 Å². The number of carbonyl (C=O) groups excluding carboxylic acids is 1. The molecule has 0 saturated carbocycles. The number of nitrogens with one attached hydrogen (secondary N) is 1. The first-order chi connectivity index (χ1) is 13.3. The Morgan fingerprint density at radius 2 is 1.44 bits per heavy atom. The molecule has 4 nitrogen and oxygen atoms in total. The van der Waals surface area contributed by atoms with E-state index in [-0.39, 0.29) is 12.5 Å². The molecule has 27 heavy (non-hydrogen) atoms. The van der Waals surface area contributed by atoms with Gasteiger partial charge in [-0.1, -0.05) is 66.7 Å². The Balaban J connectivity index is 1.56. The molecule has 0 spiro atoms. The van der Waals surface area contributed by atoms with Crippen LogP contribution < -0.4 is 14.8 Å². The van der Waals surface area contributed by atoms with Gasteiger partial charge in [0.25, 0.3) is 5.91 Å². The van der Waals surface area contributed by atoms with E-state index >= 15 is 0 Å². The van der Waals surface area contributed by atoms with Gasteiger partial charge in [-0.15, -0.1) is 0 Å². The molecule has 0 fully saturated rings. The Bertz CT molecular complexity index is 878. The number of ether oxygens (including phenoxy) is 2. The van der Waals surface area contributed by atoms with Crippen molar-refractivity contribution < 1.29 is 14.3 Å². The average Bonchev–Trinajstić information content (AvgIpc) is 2.72. The molecule has 138 valence electrons. The molecule has 1 N–H and O–H groups in total. The molecule has 0 heterocycles. The fourth-order valence-corrected chi connectivity index (χ4v) is 2.84. The Morgan fingerprint density at radius 1 is 0.815 bits per heavy atom. The molecule has 0 bridgehead atoms. The van der Waals surface area contributed by atoms with E-state index in [0.717, 1.165) is 29.0 Å². The maximum absolute atomic E-state index is 12.2. The summed E-state index contributed by atoms with van der Waals surface area (Å²) in [5, 5.41) is 2.87. The van der Waals surface area contributed by atoms with Crippen LogP contribution in [0.25, 0.3) is 0 Å². The van der Waals surface area contributed by atoms with Crippen molar-refractivity contribution >= 4 is 5.91 Å². The third-order valence-corrected chi connectivity index (χ3v) is 4.24. The van der Waals surface area contributed by atoms with E-state index in [2.05, 4.69) is 17.4 Å². The Morgan fingerprint density at radius 3 is 2.19 bits per heavy atom. The summed E-state index contributed by atoms with van der Waals surface area (Å²) in [5.41, 5.74) is 3.19. The van der Waals surface area contributed by atoms with Crippen molar-refractivity contribution in [2.45, 2.75) is 13.0 Å². The molecule has 0 radical (unpaired) electrons. The van der Waals surface area contributed by atoms with Gasteiger partial charge in [0.05, 0.1) is 7.11 Å². The lowest BCUT2D eigenvalue weighted by Gasteiger charge is -2.12. The second-order valence-electron chi connectivity index (χ2n) is 6.15. The molecule has 0 aliphatic rings. The van der Waals surface area contributed by atoms with Crippen molar-refractivity contribution in [1.82, 2.24) is 5.32 Å².